The molecule has 2 N–H and O–H groups in total. The monoisotopic (exact) mass is 381 g/mol. The summed E-state index contributed by atoms with van der Waals surface area (Å²) in [5.74, 6) is 0.438. The zero-order chi connectivity index (χ0) is 19.4. The lowest BCUT2D eigenvalue weighted by atomic mass is 10.1. The van der Waals surface area contributed by atoms with E-state index in [1.165, 1.54) is 18.7 Å². The van der Waals surface area contributed by atoms with E-state index in [1.54, 1.807) is 31.4 Å². The number of hydrogen-bond acceptors (Lipinski definition) is 5. The predicted molar refractivity (Wildman–Crippen MR) is 109 cm³/mol. The van der Waals surface area contributed by atoms with Crippen LogP contribution in [0, 0.1) is 0 Å². The van der Waals surface area contributed by atoms with Crippen LogP contribution in [0.2, 0.25) is 0 Å². The number of nitrogens with one attached hydrogen (secondary N) is 2. The van der Waals surface area contributed by atoms with Gasteiger partial charge in [-0.1, -0.05) is 12.1 Å². The molecule has 0 spiro atoms. The molecule has 1 heterocycles. The standard InChI is InChI=1S/C20H19N3O3S/c1-12(14-5-4-6-17(11-14)26-3)18-19(25)23-20(27-18)22-16-9-7-15(8-10-16)21-13(2)24/h4-11H,1-3H3,(H,21,24)(H,22,23,25)/b18-12-. The van der Waals surface area contributed by atoms with Gasteiger partial charge in [-0.3, -0.25) is 9.59 Å². The Morgan fingerprint density at radius 3 is 2.56 bits per heavy atom. The number of amides is 2. The first-order chi connectivity index (χ1) is 13.0. The molecule has 7 heteroatoms. The first-order valence-corrected chi connectivity index (χ1v) is 9.09. The van der Waals surface area contributed by atoms with Gasteiger partial charge in [0.15, 0.2) is 5.17 Å². The molecule has 0 unspecified atom stereocenters. The van der Waals surface area contributed by atoms with Gasteiger partial charge in [0.1, 0.15) is 5.75 Å². The van der Waals surface area contributed by atoms with Gasteiger partial charge < -0.3 is 15.4 Å². The highest BCUT2D eigenvalue weighted by Gasteiger charge is 2.26. The minimum Gasteiger partial charge on any atom is -0.497 e. The quantitative estimate of drug-likeness (QED) is 0.787. The third kappa shape index (κ3) is 4.57. The number of thioether (sulfide) groups is 1. The summed E-state index contributed by atoms with van der Waals surface area (Å²) in [6.45, 7) is 3.36. The van der Waals surface area contributed by atoms with E-state index < -0.39 is 0 Å². The molecular weight excluding hydrogens is 362 g/mol. The number of carbonyl (C=O) groups is 2. The fourth-order valence-corrected chi connectivity index (χ4v) is 3.45. The zero-order valence-electron chi connectivity index (χ0n) is 15.2. The van der Waals surface area contributed by atoms with Crippen LogP contribution in [0.1, 0.15) is 19.4 Å². The number of rotatable bonds is 4. The van der Waals surface area contributed by atoms with E-state index in [4.69, 9.17) is 4.74 Å². The summed E-state index contributed by atoms with van der Waals surface area (Å²) in [7, 11) is 1.61. The van der Waals surface area contributed by atoms with E-state index >= 15 is 0 Å². The highest BCUT2D eigenvalue weighted by atomic mass is 32.2. The molecule has 1 fully saturated rings. The average molecular weight is 381 g/mol. The Morgan fingerprint density at radius 1 is 1.15 bits per heavy atom. The van der Waals surface area contributed by atoms with Crippen LogP contribution in [0.4, 0.5) is 11.4 Å². The van der Waals surface area contributed by atoms with Gasteiger partial charge in [-0.2, -0.15) is 0 Å². The highest BCUT2D eigenvalue weighted by molar-refractivity contribution is 8.18. The number of ether oxygens (including phenoxy) is 1. The van der Waals surface area contributed by atoms with Crippen LogP contribution < -0.4 is 15.4 Å². The lowest BCUT2D eigenvalue weighted by Gasteiger charge is -2.06. The summed E-state index contributed by atoms with van der Waals surface area (Å²) in [6.07, 6.45) is 0. The summed E-state index contributed by atoms with van der Waals surface area (Å²) in [6, 6.07) is 14.7. The second kappa shape index (κ2) is 8.09. The van der Waals surface area contributed by atoms with Gasteiger partial charge in [-0.05, 0) is 66.2 Å². The maximum absolute atomic E-state index is 12.4. The Morgan fingerprint density at radius 2 is 1.89 bits per heavy atom. The van der Waals surface area contributed by atoms with Crippen molar-refractivity contribution in [1.29, 1.82) is 0 Å². The average Bonchev–Trinajstić information content (AvgIpc) is 3.02. The lowest BCUT2D eigenvalue weighted by molar-refractivity contribution is -0.115. The minimum atomic E-state index is -0.172. The van der Waals surface area contributed by atoms with E-state index in [2.05, 4.69) is 15.6 Å². The Balaban J connectivity index is 1.81. The fourth-order valence-electron chi connectivity index (χ4n) is 2.55. The third-order valence-corrected chi connectivity index (χ3v) is 4.97. The first-order valence-electron chi connectivity index (χ1n) is 8.27. The molecule has 1 aliphatic rings. The van der Waals surface area contributed by atoms with E-state index in [9.17, 15) is 9.59 Å². The van der Waals surface area contributed by atoms with Crippen LogP contribution in [0.3, 0.4) is 0 Å². The van der Waals surface area contributed by atoms with Crippen molar-refractivity contribution in [2.24, 2.45) is 4.99 Å². The van der Waals surface area contributed by atoms with Crippen molar-refractivity contribution in [1.82, 2.24) is 5.32 Å². The Hall–Kier alpha value is -3.06. The molecule has 2 aromatic carbocycles. The van der Waals surface area contributed by atoms with Crippen molar-refractivity contribution >= 4 is 45.7 Å². The normalized spacial score (nSPS) is 16.9. The van der Waals surface area contributed by atoms with Gasteiger partial charge in [-0.15, -0.1) is 0 Å². The van der Waals surface area contributed by atoms with Gasteiger partial charge in [0, 0.05) is 12.6 Å². The largest absolute Gasteiger partial charge is 0.497 e. The number of anilines is 1. The van der Waals surface area contributed by atoms with Crippen molar-refractivity contribution in [2.75, 3.05) is 12.4 Å². The zero-order valence-corrected chi connectivity index (χ0v) is 16.0. The Bertz CT molecular complexity index is 949. The maximum atomic E-state index is 12.4. The van der Waals surface area contributed by atoms with Crippen LogP contribution in [0.5, 0.6) is 5.75 Å². The number of allylic oxidation sites excluding steroid dienone is 1. The van der Waals surface area contributed by atoms with Gasteiger partial charge in [0.2, 0.25) is 5.91 Å². The predicted octanol–water partition coefficient (Wildman–Crippen LogP) is 3.94. The van der Waals surface area contributed by atoms with Crippen LogP contribution in [-0.4, -0.2) is 24.1 Å². The van der Waals surface area contributed by atoms with Crippen molar-refractivity contribution in [3.63, 3.8) is 0 Å². The number of aliphatic imine (C=N–C) groups is 1. The molecule has 2 aromatic rings. The topological polar surface area (TPSA) is 79.8 Å². The molecule has 3 rings (SSSR count). The van der Waals surface area contributed by atoms with E-state index in [0.29, 0.717) is 21.4 Å². The second-order valence-corrected chi connectivity index (χ2v) is 6.89. The third-order valence-electron chi connectivity index (χ3n) is 3.89. The van der Waals surface area contributed by atoms with Crippen LogP contribution >= 0.6 is 11.8 Å². The van der Waals surface area contributed by atoms with Crippen LogP contribution in [-0.2, 0) is 9.59 Å². The molecule has 0 saturated carbocycles. The summed E-state index contributed by atoms with van der Waals surface area (Å²) < 4.78 is 5.25. The number of carbonyl (C=O) groups excluding carboxylic acids is 2. The van der Waals surface area contributed by atoms with Crippen LogP contribution in [0.25, 0.3) is 5.57 Å². The number of methoxy groups -OCH3 is 1. The number of hydrogen-bond donors (Lipinski definition) is 2. The number of nitrogens with zero attached hydrogens (tertiary/aromatic N) is 1. The molecule has 0 atom stereocenters. The summed E-state index contributed by atoms with van der Waals surface area (Å²) >= 11 is 1.30. The fraction of sp³-hybridized carbons (Fsp3) is 0.150. The van der Waals surface area contributed by atoms with Gasteiger partial charge >= 0.3 is 0 Å². The molecule has 1 saturated heterocycles. The highest BCUT2D eigenvalue weighted by Crippen LogP contribution is 2.33. The molecule has 138 valence electrons. The van der Waals surface area contributed by atoms with Crippen molar-refractivity contribution in [3.05, 3.63) is 59.0 Å². The summed E-state index contributed by atoms with van der Waals surface area (Å²) in [5, 5.41) is 6.01. The molecular formula is C20H19N3O3S. The van der Waals surface area contributed by atoms with Gasteiger partial charge in [0.05, 0.1) is 17.7 Å². The summed E-state index contributed by atoms with van der Waals surface area (Å²) in [4.78, 5) is 28.5. The van der Waals surface area contributed by atoms with Gasteiger partial charge in [0.25, 0.3) is 5.91 Å². The lowest BCUT2D eigenvalue weighted by Crippen LogP contribution is -2.19. The molecule has 1 aliphatic heterocycles. The number of amidine groups is 1. The smallest absolute Gasteiger partial charge is 0.264 e. The van der Waals surface area contributed by atoms with E-state index in [-0.39, 0.29) is 11.8 Å². The Labute approximate surface area is 161 Å². The maximum Gasteiger partial charge on any atom is 0.264 e. The van der Waals surface area contributed by atoms with Crippen molar-refractivity contribution in [2.45, 2.75) is 13.8 Å². The number of benzene rings is 2. The molecule has 0 aromatic heterocycles. The molecule has 0 radical (unpaired) electrons. The van der Waals surface area contributed by atoms with E-state index in [1.807, 2.05) is 31.2 Å². The SMILES string of the molecule is COc1cccc(/C(C)=C2\SC(=Nc3ccc(NC(C)=O)cc3)NC2=O)c1. The van der Waals surface area contributed by atoms with Crippen LogP contribution in [0.15, 0.2) is 58.4 Å². The van der Waals surface area contributed by atoms with E-state index in [0.717, 1.165) is 16.9 Å². The molecule has 27 heavy (non-hydrogen) atoms. The van der Waals surface area contributed by atoms with Crippen molar-refractivity contribution in [3.8, 4) is 5.75 Å². The van der Waals surface area contributed by atoms with Crippen molar-refractivity contribution < 1.29 is 14.3 Å². The Kier molecular flexibility index (Phi) is 5.61. The second-order valence-electron chi connectivity index (χ2n) is 5.89. The summed E-state index contributed by atoms with van der Waals surface area (Å²) in [5.41, 5.74) is 3.17. The van der Waals surface area contributed by atoms with Gasteiger partial charge in [-0.25, -0.2) is 4.99 Å². The minimum absolute atomic E-state index is 0.129. The first kappa shape index (κ1) is 18.7. The molecule has 6 nitrogen and oxygen atoms in total. The molecule has 0 bridgehead atoms. The molecule has 0 aliphatic carbocycles. The molecule has 2 amide bonds.